The van der Waals surface area contributed by atoms with Gasteiger partial charge in [-0.2, -0.15) is 0 Å². The molecule has 3 nitrogen and oxygen atoms in total. The second kappa shape index (κ2) is 6.98. The first kappa shape index (κ1) is 18.4. The molecule has 6 rings (SSSR count). The van der Waals surface area contributed by atoms with Gasteiger partial charge in [-0.25, -0.2) is 0 Å². The van der Waals surface area contributed by atoms with E-state index in [0.29, 0.717) is 11.8 Å². The van der Waals surface area contributed by atoms with E-state index in [4.69, 9.17) is 12.2 Å². The van der Waals surface area contributed by atoms with Crippen LogP contribution in [0.4, 0.5) is 0 Å². The van der Waals surface area contributed by atoms with Crippen LogP contribution in [0.1, 0.15) is 68.1 Å². The summed E-state index contributed by atoms with van der Waals surface area (Å²) in [4.78, 5) is 13.3. The van der Waals surface area contributed by atoms with Crippen molar-refractivity contribution in [1.82, 2.24) is 10.9 Å². The fraction of sp³-hybridized carbons (Fsp3) is 0.583. The van der Waals surface area contributed by atoms with Gasteiger partial charge in [0, 0.05) is 6.42 Å². The normalized spacial score (nSPS) is 32.0. The molecule has 5 aliphatic rings. The molecular formula is C24H30N2OS. The third-order valence-electron chi connectivity index (χ3n) is 7.57. The van der Waals surface area contributed by atoms with Crippen molar-refractivity contribution in [3.63, 3.8) is 0 Å². The van der Waals surface area contributed by atoms with Gasteiger partial charge in [-0.05, 0) is 91.7 Å². The number of carbonyl (C=O) groups is 1. The summed E-state index contributed by atoms with van der Waals surface area (Å²) in [5.41, 5.74) is 11.3. The van der Waals surface area contributed by atoms with Crippen LogP contribution in [0.3, 0.4) is 0 Å². The summed E-state index contributed by atoms with van der Waals surface area (Å²) in [6.45, 7) is 2.11. The first-order valence-corrected chi connectivity index (χ1v) is 11.3. The Bertz CT molecular complexity index is 821. The summed E-state index contributed by atoms with van der Waals surface area (Å²) in [6, 6.07) is 6.48. The van der Waals surface area contributed by atoms with E-state index in [0.717, 1.165) is 41.2 Å². The Morgan fingerprint density at radius 3 is 2.46 bits per heavy atom. The molecule has 2 N–H and O–H groups in total. The summed E-state index contributed by atoms with van der Waals surface area (Å²) >= 11 is 5.63. The largest absolute Gasteiger partial charge is 0.292 e. The fourth-order valence-electron chi connectivity index (χ4n) is 6.96. The Labute approximate surface area is 173 Å². The first-order chi connectivity index (χ1) is 13.5. The highest BCUT2D eigenvalue weighted by Gasteiger charge is 2.50. The van der Waals surface area contributed by atoms with Crippen molar-refractivity contribution in [2.45, 2.75) is 64.7 Å². The Morgan fingerprint density at radius 2 is 1.79 bits per heavy atom. The molecule has 28 heavy (non-hydrogen) atoms. The van der Waals surface area contributed by atoms with Gasteiger partial charge in [-0.15, -0.1) is 0 Å². The topological polar surface area (TPSA) is 41.1 Å². The van der Waals surface area contributed by atoms with E-state index in [2.05, 4.69) is 42.1 Å². The second-order valence-corrected chi connectivity index (χ2v) is 10.5. The Kier molecular flexibility index (Phi) is 4.58. The smallest absolute Gasteiger partial charge is 0.242 e. The first-order valence-electron chi connectivity index (χ1n) is 10.8. The van der Waals surface area contributed by atoms with Gasteiger partial charge >= 0.3 is 0 Å². The molecule has 0 spiro atoms. The van der Waals surface area contributed by atoms with Crippen molar-refractivity contribution in [1.29, 1.82) is 0 Å². The van der Waals surface area contributed by atoms with E-state index in [1.165, 1.54) is 55.2 Å². The van der Waals surface area contributed by atoms with Crippen molar-refractivity contribution in [2.75, 3.05) is 0 Å². The maximum Gasteiger partial charge on any atom is 0.242 e. The lowest BCUT2D eigenvalue weighted by molar-refractivity contribution is -0.120. The van der Waals surface area contributed by atoms with Crippen molar-refractivity contribution >= 4 is 28.7 Å². The zero-order valence-electron chi connectivity index (χ0n) is 16.7. The van der Waals surface area contributed by atoms with Crippen LogP contribution in [0.15, 0.2) is 24.3 Å². The van der Waals surface area contributed by atoms with Gasteiger partial charge in [0.1, 0.15) is 0 Å². The zero-order valence-corrected chi connectivity index (χ0v) is 17.5. The van der Waals surface area contributed by atoms with Crippen molar-refractivity contribution in [3.05, 3.63) is 41.0 Å². The molecule has 0 saturated heterocycles. The predicted molar refractivity (Wildman–Crippen MR) is 117 cm³/mol. The highest BCUT2D eigenvalue weighted by Crippen LogP contribution is 2.61. The minimum atomic E-state index is -0.00691. The summed E-state index contributed by atoms with van der Waals surface area (Å²) in [5, 5.41) is 0. The predicted octanol–water partition coefficient (Wildman–Crippen LogP) is 4.88. The molecule has 5 aliphatic carbocycles. The van der Waals surface area contributed by atoms with Crippen LogP contribution < -0.4 is 10.9 Å². The van der Waals surface area contributed by atoms with E-state index < -0.39 is 0 Å². The molecule has 0 unspecified atom stereocenters. The number of amides is 1. The molecular weight excluding hydrogens is 364 g/mol. The lowest BCUT2D eigenvalue weighted by Gasteiger charge is -2.57. The summed E-state index contributed by atoms with van der Waals surface area (Å²) in [6.07, 6.45) is 12.8. The van der Waals surface area contributed by atoms with Crippen LogP contribution in [0.5, 0.6) is 0 Å². The molecule has 4 saturated carbocycles. The maximum absolute atomic E-state index is 12.5. The second-order valence-electron chi connectivity index (χ2n) is 9.96. The molecule has 0 aromatic heterocycles. The van der Waals surface area contributed by atoms with Crippen molar-refractivity contribution < 1.29 is 4.79 Å². The number of aryl methyl sites for hydroxylation is 1. The SMILES string of the molecule is Cc1ccc2c(c1)CC=C2CC(=O)NNC(=S)CC12CC3CC(CC(C3)C1)C2. The number of hydrogen-bond donors (Lipinski definition) is 2. The molecule has 1 aromatic rings. The van der Waals surface area contributed by atoms with Gasteiger partial charge < -0.3 is 0 Å². The standard InChI is InChI=1S/C24H30N2OS/c1-15-2-5-21-19(6-15)3-4-20(21)10-22(27)25-26-23(28)14-24-11-16-7-17(12-24)9-18(8-16)13-24/h2,4-6,16-18H,3,7-14H2,1H3,(H,25,27)(H,26,28). The summed E-state index contributed by atoms with van der Waals surface area (Å²) in [7, 11) is 0. The van der Waals surface area contributed by atoms with Crippen LogP contribution in [-0.2, 0) is 11.2 Å². The molecule has 0 aliphatic heterocycles. The number of hydrogen-bond acceptors (Lipinski definition) is 2. The van der Waals surface area contributed by atoms with Gasteiger partial charge in [0.2, 0.25) is 5.91 Å². The number of rotatable bonds is 4. The number of fused-ring (bicyclic) bond motifs is 1. The van der Waals surface area contributed by atoms with Crippen LogP contribution >= 0.6 is 12.2 Å². The molecule has 1 amide bonds. The molecule has 1 aromatic carbocycles. The van der Waals surface area contributed by atoms with Gasteiger partial charge in [-0.1, -0.05) is 42.1 Å². The third kappa shape index (κ3) is 3.52. The van der Waals surface area contributed by atoms with E-state index >= 15 is 0 Å². The highest BCUT2D eigenvalue weighted by atomic mass is 32.1. The number of allylic oxidation sites excluding steroid dienone is 1. The maximum atomic E-state index is 12.5. The average Bonchev–Trinajstić information content (AvgIpc) is 3.00. The van der Waals surface area contributed by atoms with E-state index in [1.54, 1.807) is 0 Å². The minimum Gasteiger partial charge on any atom is -0.292 e. The van der Waals surface area contributed by atoms with Gasteiger partial charge in [0.15, 0.2) is 0 Å². The lowest BCUT2D eigenvalue weighted by atomic mass is 9.49. The molecule has 0 heterocycles. The van der Waals surface area contributed by atoms with E-state index in [1.807, 2.05) is 0 Å². The zero-order chi connectivity index (χ0) is 19.3. The number of nitrogens with one attached hydrogen (secondary N) is 2. The van der Waals surface area contributed by atoms with E-state index in [-0.39, 0.29) is 5.91 Å². The molecule has 4 fully saturated rings. The number of benzene rings is 1. The molecule has 0 radical (unpaired) electrons. The van der Waals surface area contributed by atoms with Crippen molar-refractivity contribution in [3.8, 4) is 0 Å². The van der Waals surface area contributed by atoms with Crippen LogP contribution in [0, 0.1) is 30.1 Å². The van der Waals surface area contributed by atoms with Gasteiger partial charge in [0.25, 0.3) is 0 Å². The van der Waals surface area contributed by atoms with Crippen LogP contribution in [0.25, 0.3) is 5.57 Å². The highest BCUT2D eigenvalue weighted by molar-refractivity contribution is 7.80. The van der Waals surface area contributed by atoms with Crippen LogP contribution in [0.2, 0.25) is 0 Å². The Morgan fingerprint density at radius 1 is 1.11 bits per heavy atom. The molecule has 4 heteroatoms. The summed E-state index contributed by atoms with van der Waals surface area (Å²) in [5.74, 6) is 2.79. The lowest BCUT2D eigenvalue weighted by Crippen LogP contribution is -2.49. The Hall–Kier alpha value is -1.68. The quantitative estimate of drug-likeness (QED) is 0.565. The molecule has 148 valence electrons. The monoisotopic (exact) mass is 394 g/mol. The average molecular weight is 395 g/mol. The Balaban J connectivity index is 1.13. The number of carbonyl (C=O) groups excluding carboxylic acids is 1. The minimum absolute atomic E-state index is 0.00691. The van der Waals surface area contributed by atoms with Crippen molar-refractivity contribution in [2.24, 2.45) is 23.2 Å². The number of hydrazine groups is 1. The van der Waals surface area contributed by atoms with Gasteiger partial charge in [-0.3, -0.25) is 15.6 Å². The van der Waals surface area contributed by atoms with Gasteiger partial charge in [0.05, 0.1) is 11.4 Å². The summed E-state index contributed by atoms with van der Waals surface area (Å²) < 4.78 is 0. The van der Waals surface area contributed by atoms with Crippen LogP contribution in [-0.4, -0.2) is 10.9 Å². The van der Waals surface area contributed by atoms with E-state index in [9.17, 15) is 4.79 Å². The fourth-order valence-corrected chi connectivity index (χ4v) is 7.32. The molecule has 4 bridgehead atoms. The third-order valence-corrected chi connectivity index (χ3v) is 7.81. The molecule has 0 atom stereocenters. The number of thiocarbonyl (C=S) groups is 1.